The standard InChI is InChI=1S/C12H16BrNO2S/c13-12(11-7-3-1-4-8-11)17(15,16)14-9-5-2-6-10-14/h1,3-4,7-8,12H,2,5-6,9-10H2. The maximum absolute atomic E-state index is 12.4. The molecular weight excluding hydrogens is 302 g/mol. The van der Waals surface area contributed by atoms with Crippen LogP contribution in [0.4, 0.5) is 0 Å². The molecule has 1 aliphatic rings. The van der Waals surface area contributed by atoms with Crippen molar-refractivity contribution in [2.24, 2.45) is 0 Å². The molecule has 0 bridgehead atoms. The molecule has 0 aliphatic carbocycles. The van der Waals surface area contributed by atoms with Gasteiger partial charge in [0.05, 0.1) is 0 Å². The third kappa shape index (κ3) is 2.89. The molecule has 5 heteroatoms. The Labute approximate surface area is 111 Å². The quantitative estimate of drug-likeness (QED) is 0.804. The Hall–Kier alpha value is -0.390. The van der Waals surface area contributed by atoms with Crippen molar-refractivity contribution in [1.29, 1.82) is 0 Å². The van der Waals surface area contributed by atoms with Crippen LogP contribution in [-0.4, -0.2) is 25.8 Å². The van der Waals surface area contributed by atoms with Crippen LogP contribution in [0.1, 0.15) is 29.0 Å². The van der Waals surface area contributed by atoms with Crippen molar-refractivity contribution in [2.45, 2.75) is 23.4 Å². The first-order chi connectivity index (χ1) is 8.12. The van der Waals surface area contributed by atoms with Crippen LogP contribution in [0.2, 0.25) is 0 Å². The highest BCUT2D eigenvalue weighted by molar-refractivity contribution is 9.10. The summed E-state index contributed by atoms with van der Waals surface area (Å²) in [4.78, 5) is 0. The van der Waals surface area contributed by atoms with Crippen molar-refractivity contribution >= 4 is 26.0 Å². The van der Waals surface area contributed by atoms with E-state index in [9.17, 15) is 8.42 Å². The molecular formula is C12H16BrNO2S. The summed E-state index contributed by atoms with van der Waals surface area (Å²) in [5.74, 6) is 0. The van der Waals surface area contributed by atoms with Crippen molar-refractivity contribution in [3.8, 4) is 0 Å². The fourth-order valence-corrected chi connectivity index (χ4v) is 4.57. The first-order valence-electron chi connectivity index (χ1n) is 5.80. The maximum atomic E-state index is 12.4. The smallest absolute Gasteiger partial charge is 0.211 e. The van der Waals surface area contributed by atoms with Crippen LogP contribution >= 0.6 is 15.9 Å². The molecule has 1 unspecified atom stereocenters. The highest BCUT2D eigenvalue weighted by Gasteiger charge is 2.31. The van der Waals surface area contributed by atoms with Gasteiger partial charge in [-0.05, 0) is 18.4 Å². The minimum absolute atomic E-state index is 0.630. The summed E-state index contributed by atoms with van der Waals surface area (Å²) in [5.41, 5.74) is 0.790. The number of hydrogen-bond donors (Lipinski definition) is 0. The fourth-order valence-electron chi connectivity index (χ4n) is 2.03. The van der Waals surface area contributed by atoms with Gasteiger partial charge in [-0.25, -0.2) is 12.7 Å². The van der Waals surface area contributed by atoms with Gasteiger partial charge in [0.25, 0.3) is 0 Å². The van der Waals surface area contributed by atoms with E-state index in [0.717, 1.165) is 24.8 Å². The molecule has 1 heterocycles. The first kappa shape index (κ1) is 13.1. The lowest BCUT2D eigenvalue weighted by atomic mass is 10.2. The molecule has 3 nitrogen and oxygen atoms in total. The predicted molar refractivity (Wildman–Crippen MR) is 72.5 cm³/mol. The Morgan fingerprint density at radius 3 is 2.24 bits per heavy atom. The van der Waals surface area contributed by atoms with Crippen LogP contribution in [0.25, 0.3) is 0 Å². The monoisotopic (exact) mass is 317 g/mol. The third-order valence-electron chi connectivity index (χ3n) is 3.00. The fraction of sp³-hybridized carbons (Fsp3) is 0.500. The van der Waals surface area contributed by atoms with Gasteiger partial charge in [-0.15, -0.1) is 0 Å². The Morgan fingerprint density at radius 2 is 1.65 bits per heavy atom. The minimum atomic E-state index is -3.27. The molecule has 1 aromatic rings. The average Bonchev–Trinajstić information content (AvgIpc) is 2.40. The summed E-state index contributed by atoms with van der Waals surface area (Å²) in [6.45, 7) is 1.30. The van der Waals surface area contributed by atoms with E-state index in [1.807, 2.05) is 30.3 Å². The largest absolute Gasteiger partial charge is 0.231 e. The summed E-state index contributed by atoms with van der Waals surface area (Å²) in [6, 6.07) is 9.27. The van der Waals surface area contributed by atoms with E-state index in [1.54, 1.807) is 4.31 Å². The molecule has 1 saturated heterocycles. The molecule has 17 heavy (non-hydrogen) atoms. The van der Waals surface area contributed by atoms with Crippen molar-refractivity contribution in [1.82, 2.24) is 4.31 Å². The number of nitrogens with zero attached hydrogens (tertiary/aromatic N) is 1. The van der Waals surface area contributed by atoms with Gasteiger partial charge in [-0.2, -0.15) is 0 Å². The summed E-state index contributed by atoms with van der Waals surface area (Å²) in [6.07, 6.45) is 3.06. The van der Waals surface area contributed by atoms with Crippen molar-refractivity contribution in [3.63, 3.8) is 0 Å². The second-order valence-electron chi connectivity index (χ2n) is 4.23. The van der Waals surface area contributed by atoms with E-state index in [2.05, 4.69) is 15.9 Å². The van der Waals surface area contributed by atoms with Crippen molar-refractivity contribution < 1.29 is 8.42 Å². The van der Waals surface area contributed by atoms with Gasteiger partial charge < -0.3 is 0 Å². The van der Waals surface area contributed by atoms with Gasteiger partial charge in [0.2, 0.25) is 10.0 Å². The van der Waals surface area contributed by atoms with Gasteiger partial charge in [0, 0.05) is 13.1 Å². The van der Waals surface area contributed by atoms with Crippen LogP contribution in [0.3, 0.4) is 0 Å². The number of sulfonamides is 1. The summed E-state index contributed by atoms with van der Waals surface area (Å²) in [7, 11) is -3.27. The third-order valence-corrected chi connectivity index (χ3v) is 6.82. The zero-order valence-corrected chi connectivity index (χ0v) is 12.0. The van der Waals surface area contributed by atoms with E-state index in [4.69, 9.17) is 0 Å². The molecule has 0 spiro atoms. The van der Waals surface area contributed by atoms with Gasteiger partial charge >= 0.3 is 0 Å². The lowest BCUT2D eigenvalue weighted by molar-refractivity contribution is 0.346. The molecule has 94 valence electrons. The Morgan fingerprint density at radius 1 is 1.06 bits per heavy atom. The summed E-state index contributed by atoms with van der Waals surface area (Å²) >= 11 is 3.31. The first-order valence-corrected chi connectivity index (χ1v) is 8.22. The van der Waals surface area contributed by atoms with Crippen LogP contribution in [-0.2, 0) is 10.0 Å². The van der Waals surface area contributed by atoms with Gasteiger partial charge in [-0.1, -0.05) is 52.7 Å². The second-order valence-corrected chi connectivity index (χ2v) is 7.77. The molecule has 1 atom stereocenters. The van der Waals surface area contributed by atoms with E-state index >= 15 is 0 Å². The van der Waals surface area contributed by atoms with Crippen LogP contribution in [0.5, 0.6) is 0 Å². The van der Waals surface area contributed by atoms with Crippen LogP contribution in [0.15, 0.2) is 30.3 Å². The minimum Gasteiger partial charge on any atom is -0.211 e. The molecule has 0 amide bonds. The van der Waals surface area contributed by atoms with Crippen molar-refractivity contribution in [2.75, 3.05) is 13.1 Å². The zero-order chi connectivity index (χ0) is 12.3. The second kappa shape index (κ2) is 5.50. The highest BCUT2D eigenvalue weighted by atomic mass is 79.9. The topological polar surface area (TPSA) is 37.4 Å². The van der Waals surface area contributed by atoms with E-state index < -0.39 is 14.2 Å². The predicted octanol–water partition coefficient (Wildman–Crippen LogP) is 2.90. The van der Waals surface area contributed by atoms with E-state index in [1.165, 1.54) is 0 Å². The molecule has 0 N–H and O–H groups in total. The Bertz CT molecular complexity index is 455. The molecule has 1 aliphatic heterocycles. The van der Waals surface area contributed by atoms with Gasteiger partial charge in [-0.3, -0.25) is 0 Å². The van der Waals surface area contributed by atoms with Crippen LogP contribution < -0.4 is 0 Å². The van der Waals surface area contributed by atoms with Gasteiger partial charge in [0.1, 0.15) is 0 Å². The number of halogens is 1. The summed E-state index contributed by atoms with van der Waals surface area (Å²) < 4.78 is 25.7. The van der Waals surface area contributed by atoms with E-state index in [0.29, 0.717) is 13.1 Å². The zero-order valence-electron chi connectivity index (χ0n) is 9.55. The van der Waals surface area contributed by atoms with Crippen molar-refractivity contribution in [3.05, 3.63) is 35.9 Å². The number of hydrogen-bond acceptors (Lipinski definition) is 2. The number of benzene rings is 1. The molecule has 1 fully saturated rings. The molecule has 2 rings (SSSR count). The number of piperidine rings is 1. The van der Waals surface area contributed by atoms with E-state index in [-0.39, 0.29) is 0 Å². The lowest BCUT2D eigenvalue weighted by Crippen LogP contribution is -2.37. The Balaban J connectivity index is 2.20. The maximum Gasteiger partial charge on any atom is 0.231 e. The molecule has 0 radical (unpaired) electrons. The average molecular weight is 318 g/mol. The molecule has 1 aromatic carbocycles. The summed E-state index contributed by atoms with van der Waals surface area (Å²) in [5, 5.41) is 0. The number of alkyl halides is 1. The SMILES string of the molecule is O=S(=O)(C(Br)c1ccccc1)N1CCCCC1. The Kier molecular flexibility index (Phi) is 4.22. The highest BCUT2D eigenvalue weighted by Crippen LogP contribution is 2.32. The lowest BCUT2D eigenvalue weighted by Gasteiger charge is -2.28. The number of rotatable bonds is 3. The van der Waals surface area contributed by atoms with Gasteiger partial charge in [0.15, 0.2) is 4.16 Å². The normalized spacial score (nSPS) is 20.1. The molecule has 0 saturated carbocycles. The van der Waals surface area contributed by atoms with Crippen LogP contribution in [0, 0.1) is 0 Å². The molecule has 0 aromatic heterocycles.